The van der Waals surface area contributed by atoms with Crippen molar-refractivity contribution < 1.29 is 9.84 Å². The SMILES string of the molecule is CCNC(CO)(CN1CCOCC1(C)C)c1ccccc1. The highest BCUT2D eigenvalue weighted by Crippen LogP contribution is 2.27. The van der Waals surface area contributed by atoms with Crippen LogP contribution in [0.1, 0.15) is 26.3 Å². The number of aliphatic hydroxyl groups is 1. The van der Waals surface area contributed by atoms with Crippen molar-refractivity contribution >= 4 is 0 Å². The molecule has 4 nitrogen and oxygen atoms in total. The summed E-state index contributed by atoms with van der Waals surface area (Å²) in [4.78, 5) is 2.42. The summed E-state index contributed by atoms with van der Waals surface area (Å²) < 4.78 is 5.60. The third kappa shape index (κ3) is 3.64. The molecule has 0 saturated carbocycles. The van der Waals surface area contributed by atoms with Crippen molar-refractivity contribution in [2.75, 3.05) is 39.5 Å². The van der Waals surface area contributed by atoms with Gasteiger partial charge in [0.05, 0.1) is 25.4 Å². The fourth-order valence-corrected chi connectivity index (χ4v) is 3.05. The Balaban J connectivity index is 2.28. The van der Waals surface area contributed by atoms with Crippen molar-refractivity contribution in [2.24, 2.45) is 0 Å². The lowest BCUT2D eigenvalue weighted by Gasteiger charge is -2.47. The van der Waals surface area contributed by atoms with Crippen LogP contribution in [0.25, 0.3) is 0 Å². The van der Waals surface area contributed by atoms with Crippen LogP contribution in [0, 0.1) is 0 Å². The normalized spacial score (nSPS) is 21.9. The molecule has 2 N–H and O–H groups in total. The van der Waals surface area contributed by atoms with Crippen LogP contribution in [0.15, 0.2) is 30.3 Å². The Morgan fingerprint density at radius 2 is 2.05 bits per heavy atom. The zero-order valence-electron chi connectivity index (χ0n) is 13.4. The molecule has 2 rings (SSSR count). The van der Waals surface area contributed by atoms with E-state index in [1.165, 1.54) is 0 Å². The molecule has 21 heavy (non-hydrogen) atoms. The van der Waals surface area contributed by atoms with Crippen molar-refractivity contribution in [1.29, 1.82) is 0 Å². The highest BCUT2D eigenvalue weighted by molar-refractivity contribution is 5.25. The van der Waals surface area contributed by atoms with Crippen LogP contribution in [-0.4, -0.2) is 55.0 Å². The van der Waals surface area contributed by atoms with Gasteiger partial charge >= 0.3 is 0 Å². The minimum absolute atomic E-state index is 0.0110. The Bertz CT molecular complexity index is 436. The summed E-state index contributed by atoms with van der Waals surface area (Å²) in [6.07, 6.45) is 0. The average molecular weight is 292 g/mol. The predicted octanol–water partition coefficient (Wildman–Crippen LogP) is 1.59. The Morgan fingerprint density at radius 1 is 1.33 bits per heavy atom. The second-order valence-electron chi connectivity index (χ2n) is 6.42. The molecule has 1 heterocycles. The quantitative estimate of drug-likeness (QED) is 0.836. The van der Waals surface area contributed by atoms with Crippen LogP contribution < -0.4 is 5.32 Å². The van der Waals surface area contributed by atoms with E-state index in [1.54, 1.807) is 0 Å². The van der Waals surface area contributed by atoms with Crippen LogP contribution in [0.2, 0.25) is 0 Å². The molecule has 1 saturated heterocycles. The summed E-state index contributed by atoms with van der Waals surface area (Å²) in [6.45, 7) is 10.5. The first-order chi connectivity index (χ1) is 10.0. The van der Waals surface area contributed by atoms with E-state index in [4.69, 9.17) is 4.74 Å². The van der Waals surface area contributed by atoms with Gasteiger partial charge in [0.2, 0.25) is 0 Å². The minimum Gasteiger partial charge on any atom is -0.394 e. The lowest BCUT2D eigenvalue weighted by molar-refractivity contribution is -0.0674. The van der Waals surface area contributed by atoms with Gasteiger partial charge in [-0.25, -0.2) is 0 Å². The van der Waals surface area contributed by atoms with E-state index in [0.29, 0.717) is 0 Å². The Kier molecular flexibility index (Phi) is 5.38. The van der Waals surface area contributed by atoms with Crippen molar-refractivity contribution in [3.63, 3.8) is 0 Å². The average Bonchev–Trinajstić information content (AvgIpc) is 2.49. The number of morpholine rings is 1. The number of rotatable bonds is 6. The number of nitrogens with one attached hydrogen (secondary N) is 1. The smallest absolute Gasteiger partial charge is 0.0798 e. The van der Waals surface area contributed by atoms with E-state index in [9.17, 15) is 5.11 Å². The topological polar surface area (TPSA) is 44.7 Å². The predicted molar refractivity (Wildman–Crippen MR) is 85.4 cm³/mol. The molecule has 0 spiro atoms. The minimum atomic E-state index is -0.426. The van der Waals surface area contributed by atoms with Crippen LogP contribution >= 0.6 is 0 Å². The zero-order chi connectivity index (χ0) is 15.3. The highest BCUT2D eigenvalue weighted by atomic mass is 16.5. The summed E-state index contributed by atoms with van der Waals surface area (Å²) >= 11 is 0. The van der Waals surface area contributed by atoms with Gasteiger partial charge in [0, 0.05) is 18.6 Å². The maximum absolute atomic E-state index is 10.1. The fourth-order valence-electron chi connectivity index (χ4n) is 3.05. The summed E-state index contributed by atoms with van der Waals surface area (Å²) in [5, 5.41) is 13.7. The van der Waals surface area contributed by atoms with E-state index < -0.39 is 5.54 Å². The first-order valence-corrected chi connectivity index (χ1v) is 7.78. The van der Waals surface area contributed by atoms with Crippen molar-refractivity contribution in [3.05, 3.63) is 35.9 Å². The molecule has 1 fully saturated rings. The zero-order valence-corrected chi connectivity index (χ0v) is 13.4. The van der Waals surface area contributed by atoms with E-state index in [2.05, 4.69) is 43.1 Å². The van der Waals surface area contributed by atoms with Gasteiger partial charge in [0.25, 0.3) is 0 Å². The van der Waals surface area contributed by atoms with Crippen molar-refractivity contribution in [2.45, 2.75) is 31.8 Å². The van der Waals surface area contributed by atoms with Gasteiger partial charge in [-0.05, 0) is 26.0 Å². The number of hydrogen-bond donors (Lipinski definition) is 2. The molecule has 1 aromatic carbocycles. The monoisotopic (exact) mass is 292 g/mol. The molecule has 1 aliphatic heterocycles. The first-order valence-electron chi connectivity index (χ1n) is 7.78. The lowest BCUT2D eigenvalue weighted by atomic mass is 9.87. The maximum atomic E-state index is 10.1. The number of likely N-dealkylation sites (N-methyl/N-ethyl adjacent to an activating group) is 1. The van der Waals surface area contributed by atoms with E-state index >= 15 is 0 Å². The van der Waals surface area contributed by atoms with Crippen molar-refractivity contribution in [1.82, 2.24) is 10.2 Å². The number of hydrogen-bond acceptors (Lipinski definition) is 4. The Hall–Kier alpha value is -0.940. The molecule has 4 heteroatoms. The van der Waals surface area contributed by atoms with Gasteiger partial charge in [-0.2, -0.15) is 0 Å². The van der Waals surface area contributed by atoms with Gasteiger partial charge in [0.1, 0.15) is 0 Å². The van der Waals surface area contributed by atoms with Crippen molar-refractivity contribution in [3.8, 4) is 0 Å². The molecule has 1 atom stereocenters. The summed E-state index contributed by atoms with van der Waals surface area (Å²) in [6, 6.07) is 10.2. The number of ether oxygens (including phenoxy) is 1. The lowest BCUT2D eigenvalue weighted by Crippen LogP contribution is -2.61. The van der Waals surface area contributed by atoms with Gasteiger partial charge in [0.15, 0.2) is 0 Å². The Morgan fingerprint density at radius 3 is 2.62 bits per heavy atom. The summed E-state index contributed by atoms with van der Waals surface area (Å²) in [5.74, 6) is 0. The second-order valence-corrected chi connectivity index (χ2v) is 6.42. The van der Waals surface area contributed by atoms with Crippen LogP contribution in [0.3, 0.4) is 0 Å². The fraction of sp³-hybridized carbons (Fsp3) is 0.647. The van der Waals surface area contributed by atoms with Gasteiger partial charge in [-0.1, -0.05) is 37.3 Å². The van der Waals surface area contributed by atoms with Gasteiger partial charge < -0.3 is 15.2 Å². The third-order valence-corrected chi connectivity index (χ3v) is 4.39. The van der Waals surface area contributed by atoms with E-state index in [-0.39, 0.29) is 12.1 Å². The van der Waals surface area contributed by atoms with Gasteiger partial charge in [-0.3, -0.25) is 4.90 Å². The summed E-state index contributed by atoms with van der Waals surface area (Å²) in [7, 11) is 0. The van der Waals surface area contributed by atoms with Crippen LogP contribution in [0.4, 0.5) is 0 Å². The molecule has 0 aliphatic carbocycles. The van der Waals surface area contributed by atoms with Crippen LogP contribution in [0.5, 0.6) is 0 Å². The largest absolute Gasteiger partial charge is 0.394 e. The molecular formula is C17H28N2O2. The van der Waals surface area contributed by atoms with E-state index in [0.717, 1.165) is 38.4 Å². The van der Waals surface area contributed by atoms with Gasteiger partial charge in [-0.15, -0.1) is 0 Å². The second kappa shape index (κ2) is 6.88. The molecular weight excluding hydrogens is 264 g/mol. The molecule has 0 amide bonds. The standard InChI is InChI=1S/C17H28N2O2/c1-4-18-17(13-20,15-8-6-5-7-9-15)12-19-10-11-21-14-16(19,2)3/h5-9,18,20H,4,10-14H2,1-3H3. The number of nitrogens with zero attached hydrogens (tertiary/aromatic N) is 1. The molecule has 0 radical (unpaired) electrons. The molecule has 1 aromatic rings. The maximum Gasteiger partial charge on any atom is 0.0798 e. The highest BCUT2D eigenvalue weighted by Gasteiger charge is 2.39. The molecule has 1 aliphatic rings. The first kappa shape index (κ1) is 16.4. The Labute approximate surface area is 128 Å². The number of aliphatic hydroxyl groups excluding tert-OH is 1. The van der Waals surface area contributed by atoms with E-state index in [1.807, 2.05) is 18.2 Å². The third-order valence-electron chi connectivity index (χ3n) is 4.39. The molecule has 1 unspecified atom stereocenters. The molecule has 118 valence electrons. The molecule has 0 bridgehead atoms. The summed E-state index contributed by atoms with van der Waals surface area (Å²) in [5.41, 5.74) is 0.699. The molecule has 0 aromatic heterocycles. The number of benzene rings is 1. The van der Waals surface area contributed by atoms with Crippen LogP contribution in [-0.2, 0) is 10.3 Å².